The number of aliphatic hydroxyl groups excluding tert-OH is 1. The first-order valence-electron chi connectivity index (χ1n) is 4.21. The highest BCUT2D eigenvalue weighted by Gasteiger charge is 2.30. The van der Waals surface area contributed by atoms with E-state index in [1.165, 1.54) is 12.2 Å². The summed E-state index contributed by atoms with van der Waals surface area (Å²) in [5, 5.41) is 9.26. The van der Waals surface area contributed by atoms with Gasteiger partial charge in [0.25, 0.3) is 0 Å². The Labute approximate surface area is 76.2 Å². The number of esters is 1. The molecule has 1 rings (SSSR count). The fourth-order valence-electron chi connectivity index (χ4n) is 1.24. The van der Waals surface area contributed by atoms with Gasteiger partial charge in [0.1, 0.15) is 0 Å². The molecular formula is C9H12O4. The standard InChI is InChI=1S/C9H12O4/c1-2-13-9(12)5-6-7(10)3-4-8(6)11/h3-4,6-7,10H,2,5H2,1H3/t6-,7-/m0/s1. The van der Waals surface area contributed by atoms with Crippen molar-refractivity contribution >= 4 is 11.8 Å². The van der Waals surface area contributed by atoms with E-state index in [0.29, 0.717) is 6.61 Å². The quantitative estimate of drug-likeness (QED) is 0.630. The van der Waals surface area contributed by atoms with Crippen LogP contribution >= 0.6 is 0 Å². The molecule has 4 heteroatoms. The Kier molecular flexibility index (Phi) is 3.19. The number of rotatable bonds is 3. The summed E-state index contributed by atoms with van der Waals surface area (Å²) in [6, 6.07) is 0. The summed E-state index contributed by atoms with van der Waals surface area (Å²) >= 11 is 0. The van der Waals surface area contributed by atoms with Crippen LogP contribution in [0.4, 0.5) is 0 Å². The van der Waals surface area contributed by atoms with E-state index in [4.69, 9.17) is 0 Å². The lowest BCUT2D eigenvalue weighted by molar-refractivity contribution is -0.146. The number of carbonyl (C=O) groups is 2. The van der Waals surface area contributed by atoms with E-state index in [0.717, 1.165) is 0 Å². The molecule has 0 fully saturated rings. The molecule has 0 radical (unpaired) electrons. The Hall–Kier alpha value is -1.16. The predicted molar refractivity (Wildman–Crippen MR) is 44.9 cm³/mol. The van der Waals surface area contributed by atoms with Gasteiger partial charge in [0.15, 0.2) is 5.78 Å². The van der Waals surface area contributed by atoms with Gasteiger partial charge in [-0.3, -0.25) is 9.59 Å². The van der Waals surface area contributed by atoms with Crippen molar-refractivity contribution in [1.29, 1.82) is 0 Å². The zero-order valence-electron chi connectivity index (χ0n) is 7.40. The molecule has 0 unspecified atom stereocenters. The summed E-state index contributed by atoms with van der Waals surface area (Å²) in [6.07, 6.45) is 1.82. The number of ether oxygens (including phenoxy) is 1. The highest BCUT2D eigenvalue weighted by molar-refractivity contribution is 5.97. The Balaban J connectivity index is 2.45. The van der Waals surface area contributed by atoms with Crippen LogP contribution in [-0.4, -0.2) is 29.6 Å². The Morgan fingerprint density at radius 3 is 2.85 bits per heavy atom. The van der Waals surface area contributed by atoms with E-state index in [2.05, 4.69) is 4.74 Å². The summed E-state index contributed by atoms with van der Waals surface area (Å²) in [4.78, 5) is 22.0. The Morgan fingerprint density at radius 1 is 1.69 bits per heavy atom. The fourth-order valence-corrected chi connectivity index (χ4v) is 1.24. The van der Waals surface area contributed by atoms with Gasteiger partial charge in [0.2, 0.25) is 0 Å². The van der Waals surface area contributed by atoms with E-state index in [1.54, 1.807) is 6.92 Å². The summed E-state index contributed by atoms with van der Waals surface area (Å²) < 4.78 is 4.67. The van der Waals surface area contributed by atoms with Gasteiger partial charge >= 0.3 is 5.97 Å². The Bertz CT molecular complexity index is 244. The van der Waals surface area contributed by atoms with Crippen molar-refractivity contribution < 1.29 is 19.4 Å². The molecule has 72 valence electrons. The summed E-state index contributed by atoms with van der Waals surface area (Å²) in [5.41, 5.74) is 0. The average Bonchev–Trinajstić information content (AvgIpc) is 2.36. The number of ketones is 1. The van der Waals surface area contributed by atoms with Crippen LogP contribution in [0.15, 0.2) is 12.2 Å². The molecule has 1 N–H and O–H groups in total. The molecule has 0 saturated heterocycles. The molecule has 0 spiro atoms. The third-order valence-electron chi connectivity index (χ3n) is 1.93. The van der Waals surface area contributed by atoms with Gasteiger partial charge in [-0.05, 0) is 13.0 Å². The largest absolute Gasteiger partial charge is 0.466 e. The van der Waals surface area contributed by atoms with Gasteiger partial charge < -0.3 is 9.84 Å². The van der Waals surface area contributed by atoms with Crippen LogP contribution in [0, 0.1) is 5.92 Å². The van der Waals surface area contributed by atoms with Gasteiger partial charge in [-0.25, -0.2) is 0 Å². The maximum atomic E-state index is 11.1. The molecule has 0 bridgehead atoms. The third-order valence-corrected chi connectivity index (χ3v) is 1.93. The number of hydrogen-bond acceptors (Lipinski definition) is 4. The van der Waals surface area contributed by atoms with Crippen molar-refractivity contribution in [3.63, 3.8) is 0 Å². The van der Waals surface area contributed by atoms with Crippen LogP contribution in [0.3, 0.4) is 0 Å². The number of allylic oxidation sites excluding steroid dienone is 1. The zero-order valence-corrected chi connectivity index (χ0v) is 7.40. The van der Waals surface area contributed by atoms with Crippen molar-refractivity contribution in [2.75, 3.05) is 6.61 Å². The molecule has 13 heavy (non-hydrogen) atoms. The SMILES string of the molecule is CCOC(=O)C[C@@H]1C(=O)C=C[C@@H]1O. The second kappa shape index (κ2) is 4.18. The first-order valence-corrected chi connectivity index (χ1v) is 4.21. The second-order valence-corrected chi connectivity index (χ2v) is 2.87. The number of carbonyl (C=O) groups excluding carboxylic acids is 2. The predicted octanol–water partition coefficient (Wildman–Crippen LogP) is 0.0556. The molecule has 1 aliphatic rings. The van der Waals surface area contributed by atoms with Crippen LogP contribution < -0.4 is 0 Å². The summed E-state index contributed by atoms with van der Waals surface area (Å²) in [7, 11) is 0. The summed E-state index contributed by atoms with van der Waals surface area (Å²) in [6.45, 7) is 1.99. The lowest BCUT2D eigenvalue weighted by Gasteiger charge is -2.11. The number of aliphatic hydroxyl groups is 1. The van der Waals surface area contributed by atoms with Crippen molar-refractivity contribution in [2.24, 2.45) is 5.92 Å². The van der Waals surface area contributed by atoms with Gasteiger partial charge in [-0.15, -0.1) is 0 Å². The molecule has 0 aromatic rings. The first-order chi connectivity index (χ1) is 6.15. The van der Waals surface area contributed by atoms with Crippen molar-refractivity contribution in [3.05, 3.63) is 12.2 Å². The van der Waals surface area contributed by atoms with Crippen LogP contribution in [0.1, 0.15) is 13.3 Å². The van der Waals surface area contributed by atoms with Crippen molar-refractivity contribution in [1.82, 2.24) is 0 Å². The van der Waals surface area contributed by atoms with Crippen LogP contribution in [0.5, 0.6) is 0 Å². The van der Waals surface area contributed by atoms with Gasteiger partial charge in [0.05, 0.1) is 25.0 Å². The lowest BCUT2D eigenvalue weighted by Crippen LogP contribution is -2.24. The van der Waals surface area contributed by atoms with Gasteiger partial charge in [0, 0.05) is 0 Å². The van der Waals surface area contributed by atoms with E-state index in [9.17, 15) is 14.7 Å². The summed E-state index contributed by atoms with van der Waals surface area (Å²) in [5.74, 6) is -1.29. The molecule has 1 aliphatic carbocycles. The lowest BCUT2D eigenvalue weighted by atomic mass is 10.00. The van der Waals surface area contributed by atoms with Crippen LogP contribution in [0.25, 0.3) is 0 Å². The maximum Gasteiger partial charge on any atom is 0.306 e. The maximum absolute atomic E-state index is 11.1. The van der Waals surface area contributed by atoms with Crippen LogP contribution in [0.2, 0.25) is 0 Å². The fraction of sp³-hybridized carbons (Fsp3) is 0.556. The molecular weight excluding hydrogens is 172 g/mol. The number of hydrogen-bond donors (Lipinski definition) is 1. The van der Waals surface area contributed by atoms with Crippen molar-refractivity contribution in [3.8, 4) is 0 Å². The first kappa shape index (κ1) is 9.92. The van der Waals surface area contributed by atoms with E-state index in [1.807, 2.05) is 0 Å². The van der Waals surface area contributed by atoms with Gasteiger partial charge in [-0.2, -0.15) is 0 Å². The molecule has 0 heterocycles. The molecule has 0 aromatic heterocycles. The molecule has 0 amide bonds. The minimum atomic E-state index is -0.836. The normalized spacial score (nSPS) is 26.5. The topological polar surface area (TPSA) is 63.6 Å². The van der Waals surface area contributed by atoms with E-state index < -0.39 is 18.0 Å². The molecule has 0 aromatic carbocycles. The molecule has 0 saturated carbocycles. The molecule has 4 nitrogen and oxygen atoms in total. The zero-order chi connectivity index (χ0) is 9.84. The highest BCUT2D eigenvalue weighted by atomic mass is 16.5. The Morgan fingerprint density at radius 2 is 2.38 bits per heavy atom. The van der Waals surface area contributed by atoms with Gasteiger partial charge in [-0.1, -0.05) is 6.08 Å². The van der Waals surface area contributed by atoms with E-state index >= 15 is 0 Å². The van der Waals surface area contributed by atoms with Crippen LogP contribution in [-0.2, 0) is 14.3 Å². The van der Waals surface area contributed by atoms with Crippen molar-refractivity contribution in [2.45, 2.75) is 19.4 Å². The second-order valence-electron chi connectivity index (χ2n) is 2.87. The van der Waals surface area contributed by atoms with E-state index in [-0.39, 0.29) is 12.2 Å². The average molecular weight is 184 g/mol. The molecule has 2 atom stereocenters. The smallest absolute Gasteiger partial charge is 0.306 e. The monoisotopic (exact) mass is 184 g/mol. The third kappa shape index (κ3) is 2.39. The highest BCUT2D eigenvalue weighted by Crippen LogP contribution is 2.19. The minimum absolute atomic E-state index is 0.0408. The molecule has 0 aliphatic heterocycles. The minimum Gasteiger partial charge on any atom is -0.466 e.